The molecule has 114 valence electrons. The number of nitrogens with one attached hydrogen (secondary N) is 1. The Morgan fingerprint density at radius 3 is 2.68 bits per heavy atom. The Morgan fingerprint density at radius 2 is 2.09 bits per heavy atom. The lowest BCUT2D eigenvalue weighted by atomic mass is 10.3. The fourth-order valence-corrected chi connectivity index (χ4v) is 1.66. The molecule has 0 saturated heterocycles. The van der Waals surface area contributed by atoms with E-state index >= 15 is 0 Å². The Hall–Kier alpha value is -3.37. The van der Waals surface area contributed by atoms with Crippen LogP contribution in [0.5, 0.6) is 0 Å². The van der Waals surface area contributed by atoms with E-state index in [9.17, 15) is 25.0 Å². The molecule has 2 heterocycles. The van der Waals surface area contributed by atoms with Gasteiger partial charge in [0.2, 0.25) is 0 Å². The number of imidazole rings is 1. The topological polar surface area (TPSA) is 146 Å². The van der Waals surface area contributed by atoms with Crippen LogP contribution in [0.25, 0.3) is 0 Å². The Labute approximate surface area is 122 Å². The molecule has 0 fully saturated rings. The van der Waals surface area contributed by atoms with Crippen LogP contribution in [0.3, 0.4) is 0 Å². The molecule has 11 nitrogen and oxygen atoms in total. The minimum Gasteiger partial charge on any atom is -0.390 e. The highest BCUT2D eigenvalue weighted by Crippen LogP contribution is 2.16. The molecule has 0 unspecified atom stereocenters. The van der Waals surface area contributed by atoms with Crippen LogP contribution in [0.2, 0.25) is 0 Å². The second-order valence-corrected chi connectivity index (χ2v) is 4.18. The molecule has 22 heavy (non-hydrogen) atoms. The summed E-state index contributed by atoms with van der Waals surface area (Å²) in [6.07, 6.45) is 3.99. The van der Waals surface area contributed by atoms with Gasteiger partial charge in [0.05, 0.1) is 0 Å². The number of nitrogens with zero attached hydrogens (tertiary/aromatic N) is 5. The second-order valence-electron chi connectivity index (χ2n) is 4.18. The molecule has 0 spiro atoms. The van der Waals surface area contributed by atoms with Gasteiger partial charge in [0.15, 0.2) is 12.7 Å². The zero-order chi connectivity index (χ0) is 16.1. The minimum atomic E-state index is -0.888. The van der Waals surface area contributed by atoms with Gasteiger partial charge in [0, 0.05) is 18.9 Å². The van der Waals surface area contributed by atoms with Gasteiger partial charge in [-0.2, -0.15) is 0 Å². The van der Waals surface area contributed by atoms with Crippen molar-refractivity contribution in [2.75, 3.05) is 0 Å². The van der Waals surface area contributed by atoms with Gasteiger partial charge in [0.1, 0.15) is 0 Å². The largest absolute Gasteiger partial charge is 0.439 e. The molecule has 11 heteroatoms. The van der Waals surface area contributed by atoms with Crippen molar-refractivity contribution >= 4 is 17.7 Å². The number of aromatic nitrogens is 3. The van der Waals surface area contributed by atoms with E-state index in [4.69, 9.17) is 0 Å². The molecule has 0 aliphatic rings. The van der Waals surface area contributed by atoms with Gasteiger partial charge in [-0.1, -0.05) is 6.07 Å². The van der Waals surface area contributed by atoms with E-state index in [1.807, 2.05) is 0 Å². The average Bonchev–Trinajstić information content (AvgIpc) is 2.90. The Balaban J connectivity index is 2.04. The van der Waals surface area contributed by atoms with Crippen LogP contribution in [0.1, 0.15) is 5.56 Å². The number of rotatable bonds is 6. The van der Waals surface area contributed by atoms with Crippen molar-refractivity contribution in [1.82, 2.24) is 19.9 Å². The van der Waals surface area contributed by atoms with Crippen molar-refractivity contribution in [2.24, 2.45) is 0 Å². The fourth-order valence-electron chi connectivity index (χ4n) is 1.66. The maximum absolute atomic E-state index is 11.8. The molecule has 0 radical (unpaired) electrons. The van der Waals surface area contributed by atoms with E-state index in [0.29, 0.717) is 0 Å². The summed E-state index contributed by atoms with van der Waals surface area (Å²) in [4.78, 5) is 38.5. The summed E-state index contributed by atoms with van der Waals surface area (Å²) in [7, 11) is 0. The lowest BCUT2D eigenvalue weighted by Crippen LogP contribution is -2.27. The normalized spacial score (nSPS) is 10.2. The summed E-state index contributed by atoms with van der Waals surface area (Å²) >= 11 is 0. The third kappa shape index (κ3) is 3.59. The van der Waals surface area contributed by atoms with Crippen LogP contribution in [0.4, 0.5) is 11.8 Å². The van der Waals surface area contributed by atoms with Gasteiger partial charge in [-0.15, -0.1) is 0 Å². The molecule has 1 amide bonds. The third-order valence-electron chi connectivity index (χ3n) is 2.62. The van der Waals surface area contributed by atoms with Crippen LogP contribution in [0, 0.1) is 20.2 Å². The third-order valence-corrected chi connectivity index (χ3v) is 2.62. The molecule has 0 bridgehead atoms. The first kappa shape index (κ1) is 15.0. The van der Waals surface area contributed by atoms with Crippen molar-refractivity contribution in [3.8, 4) is 0 Å². The summed E-state index contributed by atoms with van der Waals surface area (Å²) in [6, 6.07) is 3.45. The summed E-state index contributed by atoms with van der Waals surface area (Å²) < 4.78 is 0.816. The van der Waals surface area contributed by atoms with E-state index in [0.717, 1.165) is 16.3 Å². The molecular weight excluding hydrogens is 296 g/mol. The SMILES string of the molecule is O=C(Cn1cc([N+](=O)[O-])nc1[N+](=O)[O-])NCc1cccnc1. The molecule has 0 aliphatic carbocycles. The van der Waals surface area contributed by atoms with Crippen LogP contribution >= 0.6 is 0 Å². The van der Waals surface area contributed by atoms with Crippen molar-refractivity contribution in [3.05, 3.63) is 56.5 Å². The van der Waals surface area contributed by atoms with Gasteiger partial charge in [-0.3, -0.25) is 9.78 Å². The summed E-state index contributed by atoms with van der Waals surface area (Å²) in [5.74, 6) is -1.99. The molecule has 0 aromatic carbocycles. The van der Waals surface area contributed by atoms with Gasteiger partial charge >= 0.3 is 11.8 Å². The number of amides is 1. The lowest BCUT2D eigenvalue weighted by Gasteiger charge is -2.04. The molecule has 2 aromatic heterocycles. The Bertz CT molecular complexity index is 713. The highest BCUT2D eigenvalue weighted by molar-refractivity contribution is 5.76. The van der Waals surface area contributed by atoms with Crippen molar-refractivity contribution in [1.29, 1.82) is 0 Å². The Kier molecular flexibility index (Phi) is 4.36. The zero-order valence-corrected chi connectivity index (χ0v) is 11.1. The summed E-state index contributed by atoms with van der Waals surface area (Å²) in [6.45, 7) is -0.255. The van der Waals surface area contributed by atoms with Crippen molar-refractivity contribution in [2.45, 2.75) is 13.1 Å². The predicted molar refractivity (Wildman–Crippen MR) is 71.6 cm³/mol. The van der Waals surface area contributed by atoms with Gasteiger partial charge in [-0.25, -0.2) is 4.57 Å². The molecule has 2 rings (SSSR count). The van der Waals surface area contributed by atoms with Crippen LogP contribution in [-0.2, 0) is 17.9 Å². The lowest BCUT2D eigenvalue weighted by molar-refractivity contribution is -0.403. The fraction of sp³-hybridized carbons (Fsp3) is 0.182. The standard InChI is InChI=1S/C11H10N6O5/c18-10(13-5-8-2-1-3-12-4-8)7-15-6-9(16(19)20)14-11(15)17(21)22/h1-4,6H,5,7H2,(H,13,18). The van der Waals surface area contributed by atoms with Gasteiger partial charge < -0.3 is 25.5 Å². The first-order valence-electron chi connectivity index (χ1n) is 5.99. The predicted octanol–water partition coefficient (Wildman–Crippen LogP) is 0.411. The van der Waals surface area contributed by atoms with Gasteiger partial charge in [0.25, 0.3) is 5.91 Å². The number of pyridine rings is 1. The highest BCUT2D eigenvalue weighted by atomic mass is 16.6. The summed E-state index contributed by atoms with van der Waals surface area (Å²) in [5, 5.41) is 23.9. The molecule has 0 saturated carbocycles. The monoisotopic (exact) mass is 306 g/mol. The van der Waals surface area contributed by atoms with E-state index in [-0.39, 0.29) is 6.54 Å². The van der Waals surface area contributed by atoms with Crippen molar-refractivity contribution in [3.63, 3.8) is 0 Å². The number of nitro groups is 2. The van der Waals surface area contributed by atoms with Crippen LogP contribution < -0.4 is 5.32 Å². The smallest absolute Gasteiger partial charge is 0.390 e. The molecular formula is C11H10N6O5. The number of carbonyl (C=O) groups excluding carboxylic acids is 1. The van der Waals surface area contributed by atoms with E-state index in [1.165, 1.54) is 0 Å². The van der Waals surface area contributed by atoms with E-state index < -0.39 is 34.1 Å². The van der Waals surface area contributed by atoms with Crippen LogP contribution in [-0.4, -0.2) is 30.3 Å². The quantitative estimate of drug-likeness (QED) is 0.600. The van der Waals surface area contributed by atoms with E-state index in [1.54, 1.807) is 24.5 Å². The molecule has 1 N–H and O–H groups in total. The highest BCUT2D eigenvalue weighted by Gasteiger charge is 2.24. The maximum atomic E-state index is 11.8. The minimum absolute atomic E-state index is 0.192. The zero-order valence-electron chi connectivity index (χ0n) is 11.1. The molecule has 0 atom stereocenters. The number of carbonyl (C=O) groups is 1. The summed E-state index contributed by atoms with van der Waals surface area (Å²) in [5.41, 5.74) is 0.752. The van der Waals surface area contributed by atoms with Crippen molar-refractivity contribution < 1.29 is 14.6 Å². The second kappa shape index (κ2) is 6.39. The maximum Gasteiger partial charge on any atom is 0.439 e. The van der Waals surface area contributed by atoms with Crippen LogP contribution in [0.15, 0.2) is 30.7 Å². The van der Waals surface area contributed by atoms with E-state index in [2.05, 4.69) is 15.3 Å². The first-order valence-corrected chi connectivity index (χ1v) is 5.99. The number of hydrogen-bond acceptors (Lipinski definition) is 7. The molecule has 0 aliphatic heterocycles. The average molecular weight is 306 g/mol. The first-order chi connectivity index (χ1) is 10.5. The molecule has 2 aromatic rings. The Morgan fingerprint density at radius 1 is 1.32 bits per heavy atom. The number of hydrogen-bond donors (Lipinski definition) is 1. The van der Waals surface area contributed by atoms with Gasteiger partial charge in [-0.05, 0) is 26.5 Å².